The highest BCUT2D eigenvalue weighted by molar-refractivity contribution is 9.09. The number of aromatic nitrogens is 16. The minimum atomic E-state index is -4.02. The van der Waals surface area contributed by atoms with E-state index in [1.165, 1.54) is 12.1 Å². The number of nitrogens with zero attached hydrogens (tertiary/aromatic N) is 21. The zero-order valence-electron chi connectivity index (χ0n) is 85.3. The number of piperidine rings is 4. The molecular formula is C105H129BrClN27O15S. The van der Waals surface area contributed by atoms with Crippen molar-refractivity contribution in [3.8, 4) is 57.2 Å². The Labute approximate surface area is 885 Å². The standard InChI is InChI=1S/C26H31N7O2.C25H30N6O4.C22H26N6O3.C20H22N6O2.C7H8O3S.C3H6N2.C2H5BrO.ClH/c1-18(14-27)13-24(35)20-3-5-21(6-4-20)25-19(2)15-28-26(31-25)30-22-16-29-33(17-22)23-7-9-32(10-8-23)11-12-34;1-16-13-26-23(29-21(16)17-5-7-18(8-6-17)22(32)33)28-19-14-27-31(15-19)20-9-11-30(12-10-20)24(34)35-25(2,3)4;1-15-12-23-22(26-20(15)16-2-4-17(5-3-16)21(30)31)25-18-13-24-28(14-18)19-6-8-27(9-7-19)10-11-29;1-13-10-22-20(25-18(13)14-2-4-15(5-3-14)19(27)28)24-16-11-23-26(12-16)17-6-8-21-9-7-17;1-6-2-4-7(5-3-6)11(8,9)10;1-3(5)2-4;3-1-2-4;/h3-6,15-18,23,34H,7-13H2,1-2H3,(H,28,30,31);5-8,13-15,20H,9-12H2,1-4H3,(H,32,33)(H,26,28,29);2-5,12-14,19,29H,6-11H2,1H3,(H,30,31)(H,23,25,26);2-5,10-12,17,21H,6-9H2,1H3,(H,27,28)(H,22,24,25);2-5H,1H3,(H,8,9,10);3H,5H2,1H3;4H,1-2H2;1H/t18-;;;;;3-;;/m1....0../s1. The second-order valence-corrected chi connectivity index (χ2v) is 39.2. The van der Waals surface area contributed by atoms with E-state index in [-0.39, 0.29) is 90.1 Å². The van der Waals surface area contributed by atoms with Crippen molar-refractivity contribution in [2.24, 2.45) is 11.7 Å². The molecule has 8 aromatic heterocycles. The van der Waals surface area contributed by atoms with Gasteiger partial charge in [-0.15, -0.1) is 12.4 Å². The number of carboxylic acid groups (broad SMARTS) is 3. The summed E-state index contributed by atoms with van der Waals surface area (Å²) in [4.78, 5) is 100. The van der Waals surface area contributed by atoms with Gasteiger partial charge in [0.25, 0.3) is 10.1 Å². The fraction of sp³-hybridized carbons (Fsp3) is 0.381. The van der Waals surface area contributed by atoms with Crippen LogP contribution in [0.4, 0.5) is 51.3 Å². The van der Waals surface area contributed by atoms with Crippen LogP contribution in [0.3, 0.4) is 0 Å². The molecule has 150 heavy (non-hydrogen) atoms. The maximum Gasteiger partial charge on any atom is 0.410 e. The summed E-state index contributed by atoms with van der Waals surface area (Å²) < 4.78 is 42.9. The van der Waals surface area contributed by atoms with Crippen molar-refractivity contribution >= 4 is 115 Å². The molecule has 0 radical (unpaired) electrons. The number of aliphatic hydroxyl groups excluding tert-OH is 3. The second kappa shape index (κ2) is 57.1. The van der Waals surface area contributed by atoms with E-state index in [9.17, 15) is 32.4 Å². The van der Waals surface area contributed by atoms with Crippen LogP contribution in [0.1, 0.15) is 186 Å². The first-order chi connectivity index (χ1) is 71.4. The van der Waals surface area contributed by atoms with Crippen molar-refractivity contribution in [2.45, 2.75) is 168 Å². The maximum absolute atomic E-state index is 12.3. The summed E-state index contributed by atoms with van der Waals surface area (Å²) in [6, 6.07) is 38.1. The van der Waals surface area contributed by atoms with Crippen LogP contribution in [0.15, 0.2) is 201 Å². The third-order valence-corrected chi connectivity index (χ3v) is 25.4. The number of anilines is 8. The van der Waals surface area contributed by atoms with Gasteiger partial charge in [0.15, 0.2) is 5.78 Å². The number of aryl methyl sites for hydroxylation is 5. The van der Waals surface area contributed by atoms with Gasteiger partial charge in [-0.3, -0.25) is 28.1 Å². The third kappa shape index (κ3) is 35.7. The molecule has 0 aliphatic carbocycles. The van der Waals surface area contributed by atoms with Gasteiger partial charge in [0.2, 0.25) is 23.8 Å². The van der Waals surface area contributed by atoms with Crippen LogP contribution >= 0.6 is 28.3 Å². The number of ketones is 1. The summed E-state index contributed by atoms with van der Waals surface area (Å²) in [5.74, 6) is -1.37. The van der Waals surface area contributed by atoms with Gasteiger partial charge < -0.3 is 82.4 Å². The number of aliphatic hydroxyl groups is 3. The van der Waals surface area contributed by atoms with Crippen LogP contribution < -0.4 is 32.3 Å². The Bertz CT molecular complexity index is 6770. The molecule has 4 aliphatic rings. The van der Waals surface area contributed by atoms with E-state index < -0.39 is 33.6 Å². The lowest BCUT2D eigenvalue weighted by molar-refractivity contribution is 0.0184. The highest BCUT2D eigenvalue weighted by atomic mass is 79.9. The second-order valence-electron chi connectivity index (χ2n) is 37.0. The molecule has 4 fully saturated rings. The number of nitriles is 2. The van der Waals surface area contributed by atoms with Gasteiger partial charge in [-0.25, -0.2) is 59.0 Å². The number of carbonyl (C=O) groups is 5. The molecule has 42 nitrogen and oxygen atoms in total. The van der Waals surface area contributed by atoms with Crippen molar-refractivity contribution < 1.29 is 72.3 Å². The number of nitrogens with two attached hydrogens (primary N) is 1. The Balaban J connectivity index is 0.000000192. The van der Waals surface area contributed by atoms with Gasteiger partial charge in [0.05, 0.1) is 160 Å². The van der Waals surface area contributed by atoms with Gasteiger partial charge >= 0.3 is 24.0 Å². The van der Waals surface area contributed by atoms with Crippen LogP contribution in [0.25, 0.3) is 45.0 Å². The number of benzene rings is 5. The number of nitrogens with one attached hydrogen (secondary N) is 5. The van der Waals surface area contributed by atoms with Crippen molar-refractivity contribution in [1.29, 1.82) is 10.5 Å². The molecule has 4 saturated heterocycles. The number of hydrogen-bond acceptors (Lipinski definition) is 33. The van der Waals surface area contributed by atoms with E-state index in [1.54, 1.807) is 171 Å². The number of aromatic carboxylic acids is 3. The Morgan fingerprint density at radius 3 is 1.01 bits per heavy atom. The molecule has 0 spiro atoms. The average Bonchev–Trinajstić information content (AvgIpc) is 1.56. The molecule has 0 bridgehead atoms. The number of rotatable bonds is 28. The summed E-state index contributed by atoms with van der Waals surface area (Å²) in [5.41, 5.74) is 20.0. The highest BCUT2D eigenvalue weighted by Crippen LogP contribution is 2.34. The molecule has 794 valence electrons. The van der Waals surface area contributed by atoms with Crippen LogP contribution in [-0.2, 0) is 14.9 Å². The predicted octanol–water partition coefficient (Wildman–Crippen LogP) is 16.0. The molecule has 0 saturated carbocycles. The first-order valence-electron chi connectivity index (χ1n) is 48.7. The largest absolute Gasteiger partial charge is 0.478 e. The summed E-state index contributed by atoms with van der Waals surface area (Å²) in [6.45, 7) is 27.7. The number of carboxylic acids is 3. The van der Waals surface area contributed by atoms with E-state index in [1.807, 2.05) is 111 Å². The Hall–Kier alpha value is -14.8. The molecule has 13 aromatic rings. The fourth-order valence-electron chi connectivity index (χ4n) is 16.2. The topological polar surface area (TPSA) is 588 Å². The first kappa shape index (κ1) is 117. The van der Waals surface area contributed by atoms with Gasteiger partial charge in [0, 0.05) is 142 Å². The Kier molecular flexibility index (Phi) is 44.6. The molecular weight excluding hydrogens is 2030 g/mol. The predicted molar refractivity (Wildman–Crippen MR) is 575 cm³/mol. The minimum Gasteiger partial charge on any atom is -0.478 e. The Morgan fingerprint density at radius 2 is 0.747 bits per heavy atom. The van der Waals surface area contributed by atoms with Crippen molar-refractivity contribution in [1.82, 2.24) is 99.0 Å². The van der Waals surface area contributed by atoms with Crippen LogP contribution in [0.5, 0.6) is 0 Å². The molecule has 17 rings (SSSR count). The number of β-amino-alcohol motifs (C(OH)–C–C–N with tert-alkyl or cyclic N) is 2. The number of hydrogen-bond donors (Lipinski definition) is 13. The van der Waals surface area contributed by atoms with E-state index >= 15 is 0 Å². The maximum atomic E-state index is 12.3. The average molecular weight is 2160 g/mol. The number of Topliss-reactive ketones (excluding diaryl/α,β-unsaturated/α-hetero) is 1. The van der Waals surface area contributed by atoms with Crippen LogP contribution in [0, 0.1) is 63.2 Å². The fourth-order valence-corrected chi connectivity index (χ4v) is 16.7. The number of halogens is 2. The van der Waals surface area contributed by atoms with E-state index in [0.717, 1.165) is 199 Å². The highest BCUT2D eigenvalue weighted by Gasteiger charge is 2.30. The lowest BCUT2D eigenvalue weighted by Crippen LogP contribution is -2.42. The summed E-state index contributed by atoms with van der Waals surface area (Å²) in [5, 5.41) is 105. The number of amides is 1. The lowest BCUT2D eigenvalue weighted by Gasteiger charge is -2.33. The van der Waals surface area contributed by atoms with Crippen molar-refractivity contribution in [3.63, 3.8) is 0 Å². The first-order valence-corrected chi connectivity index (χ1v) is 51.3. The molecule has 45 heteroatoms. The summed E-state index contributed by atoms with van der Waals surface area (Å²) >= 11 is 3.00. The molecule has 1 amide bonds. The SMILES string of the molecule is C[C@H](N)C#N.Cc1ccc(S(=O)(=O)O)cc1.Cc1cnc(Nc2cnn(C3CCN(C(=O)OC(C)(C)C)CC3)c2)nc1-c1ccc(C(=O)O)cc1.Cc1cnc(Nc2cnn(C3CCN(CCO)CC3)c2)nc1-c1ccc(C(=O)C[C@@H](C)C#N)cc1.Cc1cnc(Nc2cnn(C3CCN(CCO)CC3)c2)nc1-c1ccc(C(=O)O)cc1.Cc1cnc(Nc2cnn(C3CCNCC3)c2)nc1-c1ccc(C(=O)O)cc1.Cl.OCCBr. The van der Waals surface area contributed by atoms with Crippen LogP contribution in [-0.4, -0.2) is 269 Å². The summed E-state index contributed by atoms with van der Waals surface area (Å²) in [7, 11) is -4.02. The van der Waals surface area contributed by atoms with Crippen LogP contribution in [0.2, 0.25) is 0 Å². The molecule has 5 aromatic carbocycles. The zero-order valence-corrected chi connectivity index (χ0v) is 88.5. The smallest absolute Gasteiger partial charge is 0.410 e. The van der Waals surface area contributed by atoms with E-state index in [2.05, 4.69) is 114 Å². The van der Waals surface area contributed by atoms with Gasteiger partial charge in [-0.2, -0.15) is 39.3 Å². The van der Waals surface area contributed by atoms with Gasteiger partial charge in [0.1, 0.15) is 5.60 Å². The number of alkyl halides is 1. The normalized spacial score (nSPS) is 14.4. The molecule has 2 atom stereocenters. The van der Waals surface area contributed by atoms with E-state index in [0.29, 0.717) is 65.9 Å². The van der Waals surface area contributed by atoms with Crippen molar-refractivity contribution in [3.05, 3.63) is 246 Å². The number of carbonyl (C=O) groups excluding carboxylic acids is 2. The minimum absolute atomic E-state index is 0. The lowest BCUT2D eigenvalue weighted by atomic mass is 9.99. The van der Waals surface area contributed by atoms with Crippen molar-refractivity contribution in [2.75, 3.05) is 112 Å². The number of likely N-dealkylation sites (tertiary alicyclic amines) is 3. The Morgan fingerprint density at radius 1 is 0.460 bits per heavy atom. The summed E-state index contributed by atoms with van der Waals surface area (Å²) in [6.07, 6.45) is 29.6. The molecule has 12 heterocycles. The third-order valence-electron chi connectivity index (χ3n) is 24.2. The molecule has 4 aliphatic heterocycles. The molecule has 14 N–H and O–H groups in total. The monoisotopic (exact) mass is 2150 g/mol. The van der Waals surface area contributed by atoms with Gasteiger partial charge in [-0.05, 0) is 204 Å². The zero-order chi connectivity index (χ0) is 107. The molecule has 0 unspecified atom stereocenters. The number of ether oxygens (including phenoxy) is 1. The quantitative estimate of drug-likeness (QED) is 0.0123. The van der Waals surface area contributed by atoms with E-state index in [4.69, 9.17) is 61.2 Å². The van der Waals surface area contributed by atoms with Gasteiger partial charge in [-0.1, -0.05) is 94.3 Å².